The van der Waals surface area contributed by atoms with Gasteiger partial charge in [0.2, 0.25) is 0 Å². The van der Waals surface area contributed by atoms with Crippen LogP contribution in [-0.2, 0) is 4.74 Å². The fourth-order valence-electron chi connectivity index (χ4n) is 4.15. The minimum Gasteiger partial charge on any atom is -0.370 e. The minimum absolute atomic E-state index is 0.293. The first-order valence-electron chi connectivity index (χ1n) is 7.73. The topological polar surface area (TPSA) is 38.5 Å². The van der Waals surface area contributed by atoms with Gasteiger partial charge in [0, 0.05) is 13.1 Å². The zero-order valence-corrected chi connectivity index (χ0v) is 11.8. The second-order valence-corrected chi connectivity index (χ2v) is 7.17. The van der Waals surface area contributed by atoms with Gasteiger partial charge in [0.25, 0.3) is 0 Å². The normalized spacial score (nSPS) is 40.0. The van der Waals surface area contributed by atoms with Gasteiger partial charge in [-0.2, -0.15) is 0 Å². The molecule has 2 saturated heterocycles. The van der Waals surface area contributed by atoms with Crippen molar-refractivity contribution in [3.63, 3.8) is 0 Å². The van der Waals surface area contributed by atoms with E-state index < -0.39 is 0 Å². The molecule has 0 radical (unpaired) electrons. The summed E-state index contributed by atoms with van der Waals surface area (Å²) in [6, 6.07) is 0. The van der Waals surface area contributed by atoms with Crippen LogP contribution in [-0.4, -0.2) is 42.8 Å². The summed E-state index contributed by atoms with van der Waals surface area (Å²) >= 11 is 0. The van der Waals surface area contributed by atoms with E-state index in [0.29, 0.717) is 17.1 Å². The lowest BCUT2D eigenvalue weighted by molar-refractivity contribution is -0.0459. The number of nitrogens with two attached hydrogens (primary N) is 1. The summed E-state index contributed by atoms with van der Waals surface area (Å²) in [4.78, 5) is 2.57. The molecule has 0 aromatic heterocycles. The summed E-state index contributed by atoms with van der Waals surface area (Å²) in [5, 5.41) is 0. The maximum Gasteiger partial charge on any atom is 0.0710 e. The van der Waals surface area contributed by atoms with Crippen LogP contribution in [0, 0.1) is 5.41 Å². The number of hydrogen-bond acceptors (Lipinski definition) is 3. The molecule has 0 aromatic carbocycles. The molecule has 3 fully saturated rings. The van der Waals surface area contributed by atoms with E-state index in [-0.39, 0.29) is 0 Å². The molecule has 3 rings (SSSR count). The van der Waals surface area contributed by atoms with Crippen molar-refractivity contribution in [2.75, 3.05) is 26.2 Å². The Hall–Kier alpha value is -0.120. The Morgan fingerprint density at radius 3 is 2.67 bits per heavy atom. The lowest BCUT2D eigenvalue weighted by Crippen LogP contribution is -2.36. The SMILES string of the molecule is CC1(CN)CCN(CC2CCC3(CCCC3)O2)C1. The van der Waals surface area contributed by atoms with Crippen LogP contribution in [0.1, 0.15) is 51.9 Å². The van der Waals surface area contributed by atoms with Gasteiger partial charge in [0.1, 0.15) is 0 Å². The van der Waals surface area contributed by atoms with Crippen molar-refractivity contribution in [2.45, 2.75) is 63.6 Å². The Bertz CT molecular complexity index is 301. The predicted molar refractivity (Wildman–Crippen MR) is 73.5 cm³/mol. The predicted octanol–water partition coefficient (Wildman–Crippen LogP) is 2.15. The first-order valence-corrected chi connectivity index (χ1v) is 7.73. The van der Waals surface area contributed by atoms with Crippen LogP contribution in [0.2, 0.25) is 0 Å². The van der Waals surface area contributed by atoms with E-state index in [9.17, 15) is 0 Å². The van der Waals surface area contributed by atoms with Crippen LogP contribution in [0.5, 0.6) is 0 Å². The third kappa shape index (κ3) is 2.45. The van der Waals surface area contributed by atoms with E-state index >= 15 is 0 Å². The molecule has 1 spiro atoms. The van der Waals surface area contributed by atoms with E-state index in [1.54, 1.807) is 0 Å². The van der Waals surface area contributed by atoms with Crippen LogP contribution in [0.4, 0.5) is 0 Å². The summed E-state index contributed by atoms with van der Waals surface area (Å²) in [5.41, 5.74) is 6.52. The van der Waals surface area contributed by atoms with Crippen molar-refractivity contribution in [1.82, 2.24) is 4.90 Å². The van der Waals surface area contributed by atoms with E-state index in [1.807, 2.05) is 0 Å². The van der Waals surface area contributed by atoms with Gasteiger partial charge in [0.05, 0.1) is 11.7 Å². The summed E-state index contributed by atoms with van der Waals surface area (Å²) in [7, 11) is 0. The van der Waals surface area contributed by atoms with Crippen LogP contribution >= 0.6 is 0 Å². The molecule has 2 unspecified atom stereocenters. The molecule has 3 heteroatoms. The van der Waals surface area contributed by atoms with Gasteiger partial charge in [-0.3, -0.25) is 0 Å². The Kier molecular flexibility index (Phi) is 3.41. The first-order chi connectivity index (χ1) is 8.63. The highest BCUT2D eigenvalue weighted by Crippen LogP contribution is 2.43. The quantitative estimate of drug-likeness (QED) is 0.836. The minimum atomic E-state index is 0.293. The van der Waals surface area contributed by atoms with Gasteiger partial charge >= 0.3 is 0 Å². The Labute approximate surface area is 111 Å². The number of likely N-dealkylation sites (tertiary alicyclic amines) is 1. The molecule has 18 heavy (non-hydrogen) atoms. The van der Waals surface area contributed by atoms with Crippen molar-refractivity contribution in [3.8, 4) is 0 Å². The molecule has 104 valence electrons. The molecule has 1 saturated carbocycles. The third-order valence-corrected chi connectivity index (χ3v) is 5.44. The van der Waals surface area contributed by atoms with Crippen molar-refractivity contribution in [1.29, 1.82) is 0 Å². The molecule has 2 aliphatic heterocycles. The maximum atomic E-state index is 6.40. The second-order valence-electron chi connectivity index (χ2n) is 7.17. The largest absolute Gasteiger partial charge is 0.370 e. The summed E-state index contributed by atoms with van der Waals surface area (Å²) in [5.74, 6) is 0. The molecule has 2 N–H and O–H groups in total. The highest BCUT2D eigenvalue weighted by atomic mass is 16.5. The standard InChI is InChI=1S/C15H28N2O/c1-14(11-16)8-9-17(12-14)10-13-4-7-15(18-13)5-2-3-6-15/h13H,2-12,16H2,1H3. The summed E-state index contributed by atoms with van der Waals surface area (Å²) in [6.07, 6.45) is 9.69. The average Bonchev–Trinajstić information content (AvgIpc) is 3.05. The zero-order chi connectivity index (χ0) is 12.6. The number of rotatable bonds is 3. The highest BCUT2D eigenvalue weighted by Gasteiger charge is 2.43. The van der Waals surface area contributed by atoms with E-state index in [0.717, 1.165) is 19.6 Å². The Balaban J connectivity index is 1.50. The van der Waals surface area contributed by atoms with Gasteiger partial charge < -0.3 is 15.4 Å². The zero-order valence-electron chi connectivity index (χ0n) is 11.8. The van der Waals surface area contributed by atoms with E-state index in [4.69, 9.17) is 10.5 Å². The molecule has 2 heterocycles. The average molecular weight is 252 g/mol. The van der Waals surface area contributed by atoms with E-state index in [2.05, 4.69) is 11.8 Å². The molecule has 3 nitrogen and oxygen atoms in total. The first kappa shape index (κ1) is 12.9. The van der Waals surface area contributed by atoms with E-state index in [1.165, 1.54) is 51.5 Å². The monoisotopic (exact) mass is 252 g/mol. The number of ether oxygens (including phenoxy) is 1. The Morgan fingerprint density at radius 1 is 1.22 bits per heavy atom. The van der Waals surface area contributed by atoms with Gasteiger partial charge in [-0.15, -0.1) is 0 Å². The van der Waals surface area contributed by atoms with Gasteiger partial charge in [-0.25, -0.2) is 0 Å². The van der Waals surface area contributed by atoms with Crippen LogP contribution in [0.3, 0.4) is 0 Å². The van der Waals surface area contributed by atoms with Crippen molar-refractivity contribution < 1.29 is 4.74 Å². The van der Waals surface area contributed by atoms with Gasteiger partial charge in [-0.05, 0) is 50.6 Å². The molecular weight excluding hydrogens is 224 g/mol. The van der Waals surface area contributed by atoms with Crippen molar-refractivity contribution in [3.05, 3.63) is 0 Å². The lowest BCUT2D eigenvalue weighted by Gasteiger charge is -2.27. The number of hydrogen-bond donors (Lipinski definition) is 1. The van der Waals surface area contributed by atoms with Gasteiger partial charge in [-0.1, -0.05) is 19.8 Å². The molecule has 3 aliphatic rings. The molecular formula is C15H28N2O. The fraction of sp³-hybridized carbons (Fsp3) is 1.00. The highest BCUT2D eigenvalue weighted by molar-refractivity contribution is 4.95. The molecule has 0 amide bonds. The maximum absolute atomic E-state index is 6.40. The smallest absolute Gasteiger partial charge is 0.0710 e. The number of nitrogens with zero attached hydrogens (tertiary/aromatic N) is 1. The lowest BCUT2D eigenvalue weighted by atomic mass is 9.90. The van der Waals surface area contributed by atoms with Crippen LogP contribution in [0.25, 0.3) is 0 Å². The van der Waals surface area contributed by atoms with Crippen LogP contribution < -0.4 is 5.73 Å². The summed E-state index contributed by atoms with van der Waals surface area (Å²) in [6.45, 7) is 6.65. The van der Waals surface area contributed by atoms with Crippen molar-refractivity contribution >= 4 is 0 Å². The molecule has 1 aliphatic carbocycles. The molecule has 0 bridgehead atoms. The van der Waals surface area contributed by atoms with Crippen molar-refractivity contribution in [2.24, 2.45) is 11.1 Å². The van der Waals surface area contributed by atoms with Gasteiger partial charge in [0.15, 0.2) is 0 Å². The third-order valence-electron chi connectivity index (χ3n) is 5.44. The summed E-state index contributed by atoms with van der Waals surface area (Å²) < 4.78 is 6.40. The Morgan fingerprint density at radius 2 is 2.00 bits per heavy atom. The van der Waals surface area contributed by atoms with Crippen LogP contribution in [0.15, 0.2) is 0 Å². The molecule has 2 atom stereocenters. The second kappa shape index (κ2) is 4.77. The fourth-order valence-corrected chi connectivity index (χ4v) is 4.15. The molecule has 0 aromatic rings.